The maximum atomic E-state index is 14.3. The fraction of sp³-hybridized carbons (Fsp3) is 0. The number of ether oxygens (including phenoxy) is 2. The van der Waals surface area contributed by atoms with Gasteiger partial charge in [-0.1, -0.05) is 60.7 Å². The molecule has 0 aliphatic heterocycles. The van der Waals surface area contributed by atoms with E-state index in [0.717, 1.165) is 0 Å². The molecular weight excluding hydrogens is 347 g/mol. The summed E-state index contributed by atoms with van der Waals surface area (Å²) in [6, 6.07) is 22.6. The van der Waals surface area contributed by atoms with Crippen LogP contribution in [0.1, 0.15) is 0 Å². The minimum absolute atomic E-state index is 0.155. The Bertz CT molecular complexity index is 960. The number of hydrogen-bond donors (Lipinski definition) is 0. The number of benzene rings is 3. The lowest BCUT2D eigenvalue weighted by Crippen LogP contribution is -2.25. The summed E-state index contributed by atoms with van der Waals surface area (Å²) in [6.45, 7) is 0. The van der Waals surface area contributed by atoms with Gasteiger partial charge < -0.3 is 14.0 Å². The quantitative estimate of drug-likeness (QED) is 0.516. The smallest absolute Gasteiger partial charge is 0.292 e. The maximum Gasteiger partial charge on any atom is 0.292 e. The molecule has 0 amide bonds. The van der Waals surface area contributed by atoms with Crippen molar-refractivity contribution in [1.82, 2.24) is 0 Å². The first-order chi connectivity index (χ1) is 12.7. The Morgan fingerprint density at radius 3 is 1.46 bits per heavy atom. The first kappa shape index (κ1) is 17.3. The van der Waals surface area contributed by atoms with E-state index < -0.39 is 7.14 Å². The number of nitrogens with zero attached hydrogens (tertiary/aromatic N) is 2. The van der Waals surface area contributed by atoms with Crippen molar-refractivity contribution in [3.8, 4) is 24.0 Å². The van der Waals surface area contributed by atoms with Gasteiger partial charge in [0.25, 0.3) is 12.5 Å². The first-order valence-corrected chi connectivity index (χ1v) is 9.38. The van der Waals surface area contributed by atoms with Crippen molar-refractivity contribution in [1.29, 1.82) is 10.5 Å². The van der Waals surface area contributed by atoms with Crippen molar-refractivity contribution in [2.24, 2.45) is 0 Å². The van der Waals surface area contributed by atoms with E-state index in [1.54, 1.807) is 36.8 Å². The van der Waals surface area contributed by atoms with Crippen molar-refractivity contribution in [3.05, 3.63) is 78.9 Å². The van der Waals surface area contributed by atoms with Crippen LogP contribution in [0.15, 0.2) is 78.9 Å². The van der Waals surface area contributed by atoms with Crippen molar-refractivity contribution in [2.45, 2.75) is 0 Å². The van der Waals surface area contributed by atoms with Gasteiger partial charge in [0.15, 0.2) is 7.14 Å². The van der Waals surface area contributed by atoms with Gasteiger partial charge in [-0.3, -0.25) is 0 Å². The maximum absolute atomic E-state index is 14.3. The van der Waals surface area contributed by atoms with Crippen LogP contribution in [-0.4, -0.2) is 0 Å². The van der Waals surface area contributed by atoms with Gasteiger partial charge in [-0.15, -0.1) is 10.5 Å². The Morgan fingerprint density at radius 2 is 1.08 bits per heavy atom. The SMILES string of the molecule is N#COc1cc(OC#N)cc(P(=O)(c2ccccc2)c2ccccc2)c1. The molecule has 0 saturated carbocycles. The van der Waals surface area contributed by atoms with Gasteiger partial charge in [0.1, 0.15) is 11.5 Å². The topological polar surface area (TPSA) is 83.1 Å². The fourth-order valence-corrected chi connectivity index (χ4v) is 5.38. The summed E-state index contributed by atoms with van der Waals surface area (Å²) in [4.78, 5) is 0. The zero-order valence-corrected chi connectivity index (χ0v) is 14.5. The summed E-state index contributed by atoms with van der Waals surface area (Å²) >= 11 is 0. The summed E-state index contributed by atoms with van der Waals surface area (Å²) in [5.41, 5.74) is 0. The van der Waals surface area contributed by atoms with Crippen LogP contribution in [0.2, 0.25) is 0 Å². The van der Waals surface area contributed by atoms with E-state index in [1.165, 1.54) is 18.2 Å². The molecule has 0 aromatic heterocycles. The summed E-state index contributed by atoms with van der Waals surface area (Å²) in [5.74, 6) is 0.310. The van der Waals surface area contributed by atoms with Gasteiger partial charge in [0, 0.05) is 22.0 Å². The van der Waals surface area contributed by atoms with E-state index in [9.17, 15) is 4.57 Å². The molecule has 0 bridgehead atoms. The number of rotatable bonds is 5. The average Bonchev–Trinajstić information content (AvgIpc) is 2.69. The predicted octanol–water partition coefficient (Wildman–Crippen LogP) is 3.05. The molecule has 0 N–H and O–H groups in total. The van der Waals surface area contributed by atoms with Crippen LogP contribution < -0.4 is 25.4 Å². The lowest BCUT2D eigenvalue weighted by molar-refractivity contribution is 0.484. The molecule has 0 radical (unpaired) electrons. The molecule has 0 aliphatic carbocycles. The minimum atomic E-state index is -3.26. The lowest BCUT2D eigenvalue weighted by Gasteiger charge is -2.20. The van der Waals surface area contributed by atoms with Crippen molar-refractivity contribution in [2.75, 3.05) is 0 Å². The zero-order chi connectivity index (χ0) is 18.4. The second kappa shape index (κ2) is 7.57. The molecule has 0 unspecified atom stereocenters. The van der Waals surface area contributed by atoms with Gasteiger partial charge in [0.05, 0.1) is 0 Å². The highest BCUT2D eigenvalue weighted by atomic mass is 31.2. The summed E-state index contributed by atoms with van der Waals surface area (Å²) in [6.07, 6.45) is 3.17. The predicted molar refractivity (Wildman–Crippen MR) is 98.3 cm³/mol. The molecule has 0 heterocycles. The van der Waals surface area contributed by atoms with Crippen molar-refractivity contribution < 1.29 is 14.0 Å². The molecule has 0 spiro atoms. The highest BCUT2D eigenvalue weighted by Gasteiger charge is 2.30. The molecule has 3 rings (SSSR count). The van der Waals surface area contributed by atoms with Gasteiger partial charge >= 0.3 is 0 Å². The fourth-order valence-electron chi connectivity index (χ4n) is 2.68. The summed E-state index contributed by atoms with van der Waals surface area (Å²) in [7, 11) is -3.26. The van der Waals surface area contributed by atoms with Crippen LogP contribution in [0.5, 0.6) is 11.5 Å². The second-order valence-electron chi connectivity index (χ2n) is 5.33. The second-order valence-corrected chi connectivity index (χ2v) is 8.10. The number of nitriles is 2. The van der Waals surface area contributed by atoms with E-state index in [4.69, 9.17) is 20.0 Å². The molecule has 0 atom stereocenters. The number of hydrogen-bond acceptors (Lipinski definition) is 5. The molecule has 3 aromatic rings. The largest absolute Gasteiger partial charge is 0.388 e. The van der Waals surface area contributed by atoms with Crippen LogP contribution in [0.25, 0.3) is 0 Å². The molecule has 0 saturated heterocycles. The van der Waals surface area contributed by atoms with Gasteiger partial charge in [-0.05, 0) is 12.1 Å². The Balaban J connectivity index is 2.29. The monoisotopic (exact) mass is 360 g/mol. The highest BCUT2D eigenvalue weighted by Crippen LogP contribution is 2.43. The Morgan fingerprint density at radius 1 is 0.654 bits per heavy atom. The van der Waals surface area contributed by atoms with E-state index in [2.05, 4.69) is 0 Å². The molecular formula is C20H13N2O3P. The van der Waals surface area contributed by atoms with Gasteiger partial charge in [0.2, 0.25) is 0 Å². The molecule has 0 fully saturated rings. The summed E-state index contributed by atoms with van der Waals surface area (Å²) < 4.78 is 24.0. The van der Waals surface area contributed by atoms with Crippen LogP contribution in [0.4, 0.5) is 0 Å². The zero-order valence-electron chi connectivity index (χ0n) is 13.6. The molecule has 26 heavy (non-hydrogen) atoms. The third-order valence-electron chi connectivity index (χ3n) is 3.80. The van der Waals surface area contributed by atoms with Crippen LogP contribution in [0, 0.1) is 23.0 Å². The summed E-state index contributed by atoms with van der Waals surface area (Å²) in [5, 5.41) is 19.3. The van der Waals surface area contributed by atoms with E-state index in [1.807, 2.05) is 36.4 Å². The first-order valence-electron chi connectivity index (χ1n) is 7.67. The molecule has 0 aliphatic rings. The minimum Gasteiger partial charge on any atom is -0.388 e. The highest BCUT2D eigenvalue weighted by molar-refractivity contribution is 7.85. The third-order valence-corrected chi connectivity index (χ3v) is 6.83. The molecule has 3 aromatic carbocycles. The van der Waals surface area contributed by atoms with Gasteiger partial charge in [-0.2, -0.15) is 0 Å². The molecule has 6 heteroatoms. The van der Waals surface area contributed by atoms with E-state index in [-0.39, 0.29) is 11.5 Å². The van der Waals surface area contributed by atoms with Crippen LogP contribution in [-0.2, 0) is 4.57 Å². The Hall–Kier alpha value is -3.53. The molecule has 5 nitrogen and oxygen atoms in total. The van der Waals surface area contributed by atoms with Crippen molar-refractivity contribution in [3.63, 3.8) is 0 Å². The van der Waals surface area contributed by atoms with Crippen LogP contribution >= 0.6 is 7.14 Å². The lowest BCUT2D eigenvalue weighted by atomic mass is 10.3. The van der Waals surface area contributed by atoms with E-state index in [0.29, 0.717) is 15.9 Å². The standard InChI is InChI=1S/C20H13N2O3P/c21-14-24-16-11-17(25-15-22)13-20(12-16)26(23,18-7-3-1-4-8-18)19-9-5-2-6-10-19/h1-13H. The molecule has 126 valence electrons. The normalized spacial score (nSPS) is 10.4. The van der Waals surface area contributed by atoms with Gasteiger partial charge in [-0.25, -0.2) is 0 Å². The third kappa shape index (κ3) is 3.30. The Kier molecular flexibility index (Phi) is 5.04. The van der Waals surface area contributed by atoms with Crippen LogP contribution in [0.3, 0.4) is 0 Å². The van der Waals surface area contributed by atoms with E-state index >= 15 is 0 Å². The average molecular weight is 360 g/mol. The van der Waals surface area contributed by atoms with Crippen molar-refractivity contribution >= 4 is 23.1 Å². The Labute approximate surface area is 151 Å².